The summed E-state index contributed by atoms with van der Waals surface area (Å²) in [5.74, 6) is -0.139. The van der Waals surface area contributed by atoms with E-state index in [9.17, 15) is 9.59 Å². The number of nitrogens with one attached hydrogen (secondary N) is 1. The molecule has 2 heterocycles. The average Bonchev–Trinajstić information content (AvgIpc) is 3.09. The van der Waals surface area contributed by atoms with Gasteiger partial charge in [-0.15, -0.1) is 5.10 Å². The molecule has 26 heavy (non-hydrogen) atoms. The number of aromatic nitrogens is 4. The maximum absolute atomic E-state index is 12.8. The van der Waals surface area contributed by atoms with Crippen molar-refractivity contribution in [2.45, 2.75) is 33.4 Å². The summed E-state index contributed by atoms with van der Waals surface area (Å²) in [6.07, 6.45) is 4.07. The van der Waals surface area contributed by atoms with Crippen LogP contribution in [-0.2, 0) is 19.5 Å². The Morgan fingerprint density at radius 1 is 1.19 bits per heavy atom. The molecule has 0 aliphatic rings. The van der Waals surface area contributed by atoms with Crippen molar-refractivity contribution in [3.05, 3.63) is 75.8 Å². The second kappa shape index (κ2) is 7.77. The normalized spacial score (nSPS) is 10.7. The molecule has 3 rings (SSSR count). The van der Waals surface area contributed by atoms with Crippen LogP contribution in [0.25, 0.3) is 0 Å². The lowest BCUT2D eigenvalue weighted by Gasteiger charge is -2.10. The number of benzene rings is 1. The highest BCUT2D eigenvalue weighted by atomic mass is 16.2. The number of carbonyl (C=O) groups is 1. The number of rotatable bonds is 6. The highest BCUT2D eigenvalue weighted by molar-refractivity contribution is 6.04. The van der Waals surface area contributed by atoms with Gasteiger partial charge in [0.05, 0.1) is 6.20 Å². The van der Waals surface area contributed by atoms with Gasteiger partial charge in [0, 0.05) is 19.3 Å². The second-order valence-corrected chi connectivity index (χ2v) is 6.02. The Balaban J connectivity index is 1.80. The van der Waals surface area contributed by atoms with E-state index < -0.39 is 5.91 Å². The minimum Gasteiger partial charge on any atom is -0.315 e. The predicted molar refractivity (Wildman–Crippen MR) is 99.2 cm³/mol. The molecule has 0 aliphatic carbocycles. The van der Waals surface area contributed by atoms with Crippen LogP contribution in [0.1, 0.15) is 28.4 Å². The maximum atomic E-state index is 12.8. The van der Waals surface area contributed by atoms with Crippen molar-refractivity contribution in [2.75, 3.05) is 5.32 Å². The quantitative estimate of drug-likeness (QED) is 0.738. The maximum Gasteiger partial charge on any atom is 0.263 e. The number of hydrogen-bond acceptors (Lipinski definition) is 4. The molecule has 1 amide bonds. The van der Waals surface area contributed by atoms with E-state index in [1.165, 1.54) is 0 Å². The van der Waals surface area contributed by atoms with E-state index in [1.807, 2.05) is 37.3 Å². The number of aryl methyl sites for hydroxylation is 4. The highest BCUT2D eigenvalue weighted by Gasteiger charge is 2.17. The van der Waals surface area contributed by atoms with Crippen molar-refractivity contribution in [3.8, 4) is 0 Å². The monoisotopic (exact) mass is 351 g/mol. The van der Waals surface area contributed by atoms with Crippen LogP contribution in [-0.4, -0.2) is 25.5 Å². The number of anilines is 1. The number of nitrogens with zero attached hydrogens (tertiary/aromatic N) is 4. The topological polar surface area (TPSA) is 81.8 Å². The first-order valence-corrected chi connectivity index (χ1v) is 8.54. The standard InChI is InChI=1S/C19H21N5O2/c1-3-24-13-16(21-22-24)20-18(25)17-14(2)9-11-23(19(17)26)12-10-15-7-5-4-6-8-15/h4-9,11,13H,3,10,12H2,1-2H3,(H,20,25). The van der Waals surface area contributed by atoms with E-state index in [4.69, 9.17) is 0 Å². The first-order valence-electron chi connectivity index (χ1n) is 8.54. The minimum atomic E-state index is -0.468. The Morgan fingerprint density at radius 3 is 2.65 bits per heavy atom. The first kappa shape index (κ1) is 17.6. The molecule has 0 unspecified atom stereocenters. The van der Waals surface area contributed by atoms with Gasteiger partial charge in [-0.2, -0.15) is 0 Å². The predicted octanol–water partition coefficient (Wildman–Crippen LogP) is 2.26. The summed E-state index contributed by atoms with van der Waals surface area (Å²) in [5, 5.41) is 10.4. The van der Waals surface area contributed by atoms with Crippen LogP contribution in [0.4, 0.5) is 5.82 Å². The molecular formula is C19H21N5O2. The van der Waals surface area contributed by atoms with Gasteiger partial charge in [0.15, 0.2) is 5.82 Å². The zero-order chi connectivity index (χ0) is 18.5. The third-order valence-corrected chi connectivity index (χ3v) is 4.19. The molecule has 2 aromatic heterocycles. The van der Waals surface area contributed by atoms with E-state index in [-0.39, 0.29) is 11.1 Å². The lowest BCUT2D eigenvalue weighted by Crippen LogP contribution is -2.30. The van der Waals surface area contributed by atoms with Gasteiger partial charge in [-0.1, -0.05) is 35.5 Å². The van der Waals surface area contributed by atoms with Gasteiger partial charge in [-0.25, -0.2) is 0 Å². The molecule has 7 nitrogen and oxygen atoms in total. The summed E-state index contributed by atoms with van der Waals surface area (Å²) < 4.78 is 3.17. The van der Waals surface area contributed by atoms with E-state index in [0.29, 0.717) is 24.5 Å². The molecule has 7 heteroatoms. The fourth-order valence-corrected chi connectivity index (χ4v) is 2.70. The Hall–Kier alpha value is -3.22. The van der Waals surface area contributed by atoms with Crippen LogP contribution in [0.5, 0.6) is 0 Å². The van der Waals surface area contributed by atoms with Crippen molar-refractivity contribution in [1.82, 2.24) is 19.6 Å². The fourth-order valence-electron chi connectivity index (χ4n) is 2.70. The van der Waals surface area contributed by atoms with Crippen LogP contribution in [0.15, 0.2) is 53.6 Å². The Labute approximate surface area is 151 Å². The SMILES string of the molecule is CCn1cc(NC(=O)c2c(C)ccn(CCc3ccccc3)c2=O)nn1. The third kappa shape index (κ3) is 3.88. The lowest BCUT2D eigenvalue weighted by molar-refractivity contribution is 0.102. The van der Waals surface area contributed by atoms with Crippen molar-refractivity contribution in [3.63, 3.8) is 0 Å². The van der Waals surface area contributed by atoms with E-state index in [2.05, 4.69) is 15.6 Å². The number of pyridine rings is 1. The largest absolute Gasteiger partial charge is 0.315 e. The van der Waals surface area contributed by atoms with Gasteiger partial charge in [-0.05, 0) is 37.5 Å². The van der Waals surface area contributed by atoms with Crippen molar-refractivity contribution < 1.29 is 4.79 Å². The zero-order valence-electron chi connectivity index (χ0n) is 14.8. The van der Waals surface area contributed by atoms with E-state index in [1.54, 1.807) is 34.6 Å². The number of carbonyl (C=O) groups excluding carboxylic acids is 1. The second-order valence-electron chi connectivity index (χ2n) is 6.02. The smallest absolute Gasteiger partial charge is 0.263 e. The molecule has 0 bridgehead atoms. The van der Waals surface area contributed by atoms with Crippen LogP contribution < -0.4 is 10.9 Å². The van der Waals surface area contributed by atoms with Gasteiger partial charge in [-0.3, -0.25) is 14.3 Å². The molecule has 0 atom stereocenters. The van der Waals surface area contributed by atoms with Crippen LogP contribution in [0, 0.1) is 6.92 Å². The molecule has 0 saturated heterocycles. The van der Waals surface area contributed by atoms with Crippen molar-refractivity contribution in [2.24, 2.45) is 0 Å². The van der Waals surface area contributed by atoms with Gasteiger partial charge >= 0.3 is 0 Å². The first-order chi connectivity index (χ1) is 12.6. The molecule has 0 radical (unpaired) electrons. The van der Waals surface area contributed by atoms with Gasteiger partial charge in [0.25, 0.3) is 11.5 Å². The van der Waals surface area contributed by atoms with Gasteiger partial charge in [0.1, 0.15) is 5.56 Å². The van der Waals surface area contributed by atoms with Gasteiger partial charge < -0.3 is 9.88 Å². The van der Waals surface area contributed by atoms with Crippen molar-refractivity contribution >= 4 is 11.7 Å². The number of hydrogen-bond donors (Lipinski definition) is 1. The molecule has 0 aliphatic heterocycles. The van der Waals surface area contributed by atoms with Crippen LogP contribution in [0.3, 0.4) is 0 Å². The van der Waals surface area contributed by atoms with Gasteiger partial charge in [0.2, 0.25) is 0 Å². The summed E-state index contributed by atoms with van der Waals surface area (Å²) in [6, 6.07) is 11.7. The summed E-state index contributed by atoms with van der Waals surface area (Å²) in [5.41, 5.74) is 1.60. The molecule has 134 valence electrons. The summed E-state index contributed by atoms with van der Waals surface area (Å²) >= 11 is 0. The summed E-state index contributed by atoms with van der Waals surface area (Å²) in [6.45, 7) is 4.84. The molecule has 0 fully saturated rings. The van der Waals surface area contributed by atoms with Crippen LogP contribution >= 0.6 is 0 Å². The minimum absolute atomic E-state index is 0.131. The average molecular weight is 351 g/mol. The number of amides is 1. The lowest BCUT2D eigenvalue weighted by atomic mass is 10.1. The Bertz CT molecular complexity index is 960. The van der Waals surface area contributed by atoms with E-state index in [0.717, 1.165) is 12.0 Å². The molecule has 1 aromatic carbocycles. The zero-order valence-corrected chi connectivity index (χ0v) is 14.8. The highest BCUT2D eigenvalue weighted by Crippen LogP contribution is 2.08. The Morgan fingerprint density at radius 2 is 1.96 bits per heavy atom. The summed E-state index contributed by atoms with van der Waals surface area (Å²) in [7, 11) is 0. The molecule has 3 aromatic rings. The fraction of sp³-hybridized carbons (Fsp3) is 0.263. The molecular weight excluding hydrogens is 330 g/mol. The molecule has 0 spiro atoms. The van der Waals surface area contributed by atoms with Crippen molar-refractivity contribution in [1.29, 1.82) is 0 Å². The van der Waals surface area contributed by atoms with Crippen LogP contribution in [0.2, 0.25) is 0 Å². The Kier molecular flexibility index (Phi) is 5.26. The van der Waals surface area contributed by atoms with E-state index >= 15 is 0 Å². The molecule has 0 saturated carbocycles. The molecule has 1 N–H and O–H groups in total. The summed E-state index contributed by atoms with van der Waals surface area (Å²) in [4.78, 5) is 25.3. The third-order valence-electron chi connectivity index (χ3n) is 4.19.